The van der Waals surface area contributed by atoms with E-state index in [1.807, 2.05) is 101 Å². The third-order valence-electron chi connectivity index (χ3n) is 10.7. The molecule has 2 heterocycles. The van der Waals surface area contributed by atoms with Crippen LogP contribution in [-0.4, -0.2) is 45.9 Å². The fraction of sp³-hybridized carbons (Fsp3) is 0.200. The number of carbonyl (C=O) groups is 4. The maximum atomic E-state index is 12.3. The van der Waals surface area contributed by atoms with Crippen LogP contribution < -0.4 is 9.47 Å². The molecular formula is C50H44O8. The monoisotopic (exact) mass is 772 g/mol. The van der Waals surface area contributed by atoms with Crippen molar-refractivity contribution in [3.05, 3.63) is 187 Å². The van der Waals surface area contributed by atoms with Gasteiger partial charge in [-0.05, 0) is 92.4 Å². The number of aryl methyl sites for hydroxylation is 2. The average molecular weight is 773 g/mol. The van der Waals surface area contributed by atoms with Gasteiger partial charge in [-0.15, -0.1) is 0 Å². The molecule has 292 valence electrons. The molecule has 8 rings (SSSR count). The molecule has 4 aliphatic rings. The Bertz CT molecular complexity index is 2630. The van der Waals surface area contributed by atoms with Crippen molar-refractivity contribution in [3.63, 3.8) is 0 Å². The Kier molecular flexibility index (Phi) is 10.9. The second-order valence-electron chi connectivity index (χ2n) is 14.9. The number of rotatable bonds is 8. The molecule has 2 atom stereocenters. The standard InChI is InChI=1S/2C25H22O4/c1-4-21(26)16-7-10-17(25(27)28)20(13-16)24-18-8-5-14(2)11-22(18)29-23-12-15(3)6-9-19(23)24;1-4-21(26)16-7-10-17(20(13-16)25(27)28)24-18-8-5-14(2)11-22(18)29-23-12-15(3)6-9-19(23)24/h2*5-13,22H,4H2,1-3H3,(H,27,28). The summed E-state index contributed by atoms with van der Waals surface area (Å²) in [4.78, 5) is 48.6. The van der Waals surface area contributed by atoms with Gasteiger partial charge in [-0.3, -0.25) is 9.59 Å². The zero-order valence-corrected chi connectivity index (χ0v) is 33.3. The number of ether oxygens (including phenoxy) is 2. The number of carboxylic acid groups (broad SMARTS) is 2. The third-order valence-corrected chi connectivity index (χ3v) is 10.7. The summed E-state index contributed by atoms with van der Waals surface area (Å²) in [6.07, 6.45) is 12.2. The number of benzene rings is 4. The molecular weight excluding hydrogens is 729 g/mol. The number of fused-ring (bicyclic) bond motifs is 4. The van der Waals surface area contributed by atoms with Crippen molar-refractivity contribution in [2.24, 2.45) is 0 Å². The minimum absolute atomic E-state index is 0.0172. The number of carbonyl (C=O) groups excluding carboxylic acids is 2. The summed E-state index contributed by atoms with van der Waals surface area (Å²) in [5.41, 5.74) is 11.8. The number of hydrogen-bond acceptors (Lipinski definition) is 6. The minimum Gasteiger partial charge on any atom is -0.481 e. The Balaban J connectivity index is 0.000000177. The van der Waals surface area contributed by atoms with Gasteiger partial charge in [0.1, 0.15) is 23.7 Å². The number of ketones is 2. The van der Waals surface area contributed by atoms with Gasteiger partial charge < -0.3 is 19.7 Å². The number of carboxylic acids is 2. The Morgan fingerprint density at radius 1 is 0.517 bits per heavy atom. The van der Waals surface area contributed by atoms with Gasteiger partial charge in [0.2, 0.25) is 0 Å². The van der Waals surface area contributed by atoms with Crippen LogP contribution in [0.1, 0.15) is 115 Å². The van der Waals surface area contributed by atoms with Crippen molar-refractivity contribution in [1.29, 1.82) is 0 Å². The Morgan fingerprint density at radius 2 is 0.966 bits per heavy atom. The van der Waals surface area contributed by atoms with Crippen molar-refractivity contribution in [2.75, 3.05) is 0 Å². The van der Waals surface area contributed by atoms with Gasteiger partial charge in [-0.25, -0.2) is 9.59 Å². The zero-order valence-electron chi connectivity index (χ0n) is 33.3. The van der Waals surface area contributed by atoms with Crippen molar-refractivity contribution < 1.29 is 38.9 Å². The van der Waals surface area contributed by atoms with Crippen LogP contribution in [0.3, 0.4) is 0 Å². The summed E-state index contributed by atoms with van der Waals surface area (Å²) in [5.74, 6) is -0.714. The molecule has 0 fully saturated rings. The molecule has 0 aromatic heterocycles. The molecule has 0 radical (unpaired) electrons. The van der Waals surface area contributed by atoms with Crippen LogP contribution in [0.4, 0.5) is 0 Å². The molecule has 0 bridgehead atoms. The third kappa shape index (κ3) is 7.53. The highest BCUT2D eigenvalue weighted by Crippen LogP contribution is 2.45. The molecule has 0 saturated carbocycles. The van der Waals surface area contributed by atoms with Crippen LogP contribution in [0.15, 0.2) is 132 Å². The van der Waals surface area contributed by atoms with Crippen molar-refractivity contribution in [1.82, 2.24) is 0 Å². The van der Waals surface area contributed by atoms with Gasteiger partial charge in [-0.2, -0.15) is 0 Å². The van der Waals surface area contributed by atoms with E-state index in [2.05, 4.69) is 0 Å². The summed E-state index contributed by atoms with van der Waals surface area (Å²) < 4.78 is 12.5. The molecule has 2 unspecified atom stereocenters. The molecule has 8 nitrogen and oxygen atoms in total. The molecule has 58 heavy (non-hydrogen) atoms. The number of hydrogen-bond donors (Lipinski definition) is 2. The summed E-state index contributed by atoms with van der Waals surface area (Å²) >= 11 is 0. The van der Waals surface area contributed by atoms with Crippen LogP contribution in [0, 0.1) is 13.8 Å². The van der Waals surface area contributed by atoms with Gasteiger partial charge in [0, 0.05) is 57.4 Å². The zero-order chi connectivity index (χ0) is 41.4. The lowest BCUT2D eigenvalue weighted by molar-refractivity contribution is 0.0685. The largest absolute Gasteiger partial charge is 0.481 e. The second-order valence-corrected chi connectivity index (χ2v) is 14.9. The first-order valence-corrected chi connectivity index (χ1v) is 19.4. The summed E-state index contributed by atoms with van der Waals surface area (Å²) in [7, 11) is 0. The first-order valence-electron chi connectivity index (χ1n) is 19.4. The van der Waals surface area contributed by atoms with Crippen LogP contribution in [0.2, 0.25) is 0 Å². The molecule has 8 heteroatoms. The summed E-state index contributed by atoms with van der Waals surface area (Å²) in [5, 5.41) is 19.8. The average Bonchev–Trinajstić information content (AvgIpc) is 3.20. The smallest absolute Gasteiger partial charge is 0.336 e. The number of allylic oxidation sites excluding steroid dienone is 4. The van der Waals surface area contributed by atoms with Crippen LogP contribution in [0.5, 0.6) is 11.5 Å². The first-order chi connectivity index (χ1) is 27.8. The minimum atomic E-state index is -1.05. The maximum absolute atomic E-state index is 12.3. The van der Waals surface area contributed by atoms with E-state index in [4.69, 9.17) is 9.47 Å². The SMILES string of the molecule is CCC(=O)c1ccc(C(=O)O)c(C2=C3C=CC(C)=CC3Oc3cc(C)ccc32)c1.CCC(=O)c1ccc(C2=C3C=CC(C)=CC3Oc3cc(C)ccc32)c(C(=O)O)c1. The van der Waals surface area contributed by atoms with E-state index in [1.165, 1.54) is 12.1 Å². The van der Waals surface area contributed by atoms with Gasteiger partial charge in [0.15, 0.2) is 11.6 Å². The molecule has 0 amide bonds. The lowest BCUT2D eigenvalue weighted by Crippen LogP contribution is -2.25. The van der Waals surface area contributed by atoms with E-state index in [1.54, 1.807) is 38.1 Å². The molecule has 2 N–H and O–H groups in total. The molecule has 2 aliphatic carbocycles. The molecule has 4 aromatic rings. The molecule has 2 aliphatic heterocycles. The van der Waals surface area contributed by atoms with Gasteiger partial charge in [0.25, 0.3) is 0 Å². The number of aromatic carboxylic acids is 2. The Morgan fingerprint density at radius 3 is 1.45 bits per heavy atom. The van der Waals surface area contributed by atoms with E-state index in [-0.39, 0.29) is 34.9 Å². The quantitative estimate of drug-likeness (QED) is 0.170. The van der Waals surface area contributed by atoms with E-state index in [9.17, 15) is 29.4 Å². The fourth-order valence-electron chi connectivity index (χ4n) is 7.73. The Labute approximate surface area is 337 Å². The Hall–Kier alpha value is -6.80. The van der Waals surface area contributed by atoms with Crippen molar-refractivity contribution >= 4 is 34.7 Å². The predicted molar refractivity (Wildman–Crippen MR) is 225 cm³/mol. The van der Waals surface area contributed by atoms with Crippen LogP contribution >= 0.6 is 0 Å². The topological polar surface area (TPSA) is 127 Å². The van der Waals surface area contributed by atoms with Crippen LogP contribution in [-0.2, 0) is 0 Å². The highest BCUT2D eigenvalue weighted by molar-refractivity contribution is 6.05. The van der Waals surface area contributed by atoms with E-state index >= 15 is 0 Å². The lowest BCUT2D eigenvalue weighted by Gasteiger charge is -2.31. The van der Waals surface area contributed by atoms with Crippen molar-refractivity contribution in [2.45, 2.75) is 66.6 Å². The van der Waals surface area contributed by atoms with E-state index in [0.29, 0.717) is 35.1 Å². The van der Waals surface area contributed by atoms with Crippen molar-refractivity contribution in [3.8, 4) is 11.5 Å². The normalized spacial score (nSPS) is 17.2. The maximum Gasteiger partial charge on any atom is 0.336 e. The van der Waals surface area contributed by atoms with Gasteiger partial charge >= 0.3 is 11.9 Å². The van der Waals surface area contributed by atoms with Gasteiger partial charge in [0.05, 0.1) is 11.1 Å². The number of Topliss-reactive ketones (excluding diaryl/α,β-unsaturated/α-hetero) is 2. The molecule has 4 aromatic carbocycles. The lowest BCUT2D eigenvalue weighted by atomic mass is 9.82. The van der Waals surface area contributed by atoms with E-state index in [0.717, 1.165) is 67.2 Å². The summed E-state index contributed by atoms with van der Waals surface area (Å²) in [6, 6.07) is 21.6. The highest BCUT2D eigenvalue weighted by Gasteiger charge is 2.32. The predicted octanol–water partition coefficient (Wildman–Crippen LogP) is 10.7. The fourth-order valence-corrected chi connectivity index (χ4v) is 7.73. The van der Waals surface area contributed by atoms with Crippen LogP contribution in [0.25, 0.3) is 11.1 Å². The second kappa shape index (κ2) is 16.0. The molecule has 0 saturated heterocycles. The summed E-state index contributed by atoms with van der Waals surface area (Å²) in [6.45, 7) is 11.6. The highest BCUT2D eigenvalue weighted by atomic mass is 16.5. The van der Waals surface area contributed by atoms with Gasteiger partial charge in [-0.1, -0.05) is 91.8 Å². The molecule has 0 spiro atoms. The van der Waals surface area contributed by atoms with E-state index < -0.39 is 11.9 Å². The first kappa shape index (κ1) is 39.4.